The summed E-state index contributed by atoms with van der Waals surface area (Å²) in [6.07, 6.45) is 9.46. The van der Waals surface area contributed by atoms with Crippen LogP contribution in [-0.4, -0.2) is 28.5 Å². The first-order valence-electron chi connectivity index (χ1n) is 12.0. The molecule has 1 aromatic heterocycles. The molecule has 1 heterocycles. The normalized spacial score (nSPS) is 17.2. The van der Waals surface area contributed by atoms with Crippen LogP contribution in [0.2, 0.25) is 0 Å². The number of hydrogen-bond donors (Lipinski definition) is 2. The van der Waals surface area contributed by atoms with Crippen LogP contribution in [0.3, 0.4) is 0 Å². The zero-order chi connectivity index (χ0) is 23.5. The average molecular weight is 455 g/mol. The minimum atomic E-state index is -0.145. The third kappa shape index (κ3) is 4.96. The van der Waals surface area contributed by atoms with Crippen molar-refractivity contribution >= 4 is 22.6 Å². The molecular formula is C28H30N4O2. The fourth-order valence-electron chi connectivity index (χ4n) is 4.69. The molecule has 0 radical (unpaired) electrons. The molecule has 1 unspecified atom stereocenters. The van der Waals surface area contributed by atoms with Crippen LogP contribution >= 0.6 is 0 Å². The van der Waals surface area contributed by atoms with Crippen molar-refractivity contribution < 1.29 is 9.53 Å². The standard InChI is InChI=1S/C28H30N4O2/c1-18(2)29-26(33)17-34-23-10-6-9-21(16-23)27-31-25-12-4-3-11-24(25)28(32-27)30-22-14-13-19-7-5-8-20(19)15-22/h3-4,6,9-12,14-16,18-19H,5,7-8,13,17H2,1-2H3,(H,29,33)(H,30,31,32). The number of ether oxygens (including phenoxy) is 1. The van der Waals surface area contributed by atoms with Gasteiger partial charge in [-0.15, -0.1) is 0 Å². The summed E-state index contributed by atoms with van der Waals surface area (Å²) in [6.45, 7) is 3.82. The molecule has 0 aliphatic heterocycles. The highest BCUT2D eigenvalue weighted by molar-refractivity contribution is 5.91. The number of carbonyl (C=O) groups excluding carboxylic acids is 1. The van der Waals surface area contributed by atoms with E-state index in [1.165, 1.54) is 19.3 Å². The van der Waals surface area contributed by atoms with Crippen LogP contribution < -0.4 is 15.4 Å². The van der Waals surface area contributed by atoms with Crippen LogP contribution in [-0.2, 0) is 4.79 Å². The predicted octanol–water partition coefficient (Wildman–Crippen LogP) is 5.63. The molecule has 1 atom stereocenters. The number of nitrogens with zero attached hydrogens (tertiary/aromatic N) is 2. The fraction of sp³-hybridized carbons (Fsp3) is 0.321. The lowest BCUT2D eigenvalue weighted by Gasteiger charge is -2.19. The first-order chi connectivity index (χ1) is 16.5. The van der Waals surface area contributed by atoms with Crippen LogP contribution in [0.4, 0.5) is 5.82 Å². The van der Waals surface area contributed by atoms with E-state index in [2.05, 4.69) is 22.8 Å². The Balaban J connectivity index is 1.42. The van der Waals surface area contributed by atoms with Gasteiger partial charge in [-0.25, -0.2) is 9.97 Å². The molecule has 174 valence electrons. The van der Waals surface area contributed by atoms with Crippen molar-refractivity contribution in [1.82, 2.24) is 15.3 Å². The number of rotatable bonds is 7. The highest BCUT2D eigenvalue weighted by Gasteiger charge is 2.23. The Labute approximate surface area is 200 Å². The van der Waals surface area contributed by atoms with Crippen LogP contribution in [0.15, 0.2) is 72.0 Å². The maximum atomic E-state index is 12.0. The lowest BCUT2D eigenvalue weighted by atomic mass is 9.93. The lowest BCUT2D eigenvalue weighted by Crippen LogP contribution is -2.34. The number of allylic oxidation sites excluding steroid dienone is 3. The monoisotopic (exact) mass is 454 g/mol. The molecule has 0 saturated heterocycles. The Kier molecular flexibility index (Phi) is 6.30. The van der Waals surface area contributed by atoms with Gasteiger partial charge in [0.05, 0.1) is 5.52 Å². The van der Waals surface area contributed by atoms with Crippen molar-refractivity contribution in [2.45, 2.75) is 45.6 Å². The van der Waals surface area contributed by atoms with Crippen molar-refractivity contribution in [2.24, 2.45) is 5.92 Å². The van der Waals surface area contributed by atoms with Crippen LogP contribution in [0.25, 0.3) is 22.3 Å². The number of carbonyl (C=O) groups is 1. The maximum Gasteiger partial charge on any atom is 0.258 e. The largest absolute Gasteiger partial charge is 0.484 e. The number of nitrogens with one attached hydrogen (secondary N) is 2. The van der Waals surface area contributed by atoms with Gasteiger partial charge < -0.3 is 15.4 Å². The van der Waals surface area contributed by atoms with Gasteiger partial charge in [-0.1, -0.05) is 35.9 Å². The van der Waals surface area contributed by atoms with Gasteiger partial charge in [0.2, 0.25) is 0 Å². The zero-order valence-electron chi connectivity index (χ0n) is 19.7. The van der Waals surface area contributed by atoms with Gasteiger partial charge in [-0.3, -0.25) is 4.79 Å². The number of para-hydroxylation sites is 1. The van der Waals surface area contributed by atoms with Crippen LogP contribution in [0, 0.1) is 5.92 Å². The van der Waals surface area contributed by atoms with Crippen molar-refractivity contribution in [3.63, 3.8) is 0 Å². The molecule has 0 spiro atoms. The van der Waals surface area contributed by atoms with Crippen molar-refractivity contribution in [3.8, 4) is 17.1 Å². The quantitative estimate of drug-likeness (QED) is 0.484. The summed E-state index contributed by atoms with van der Waals surface area (Å²) < 4.78 is 5.71. The van der Waals surface area contributed by atoms with Crippen LogP contribution in [0.1, 0.15) is 39.5 Å². The highest BCUT2D eigenvalue weighted by Crippen LogP contribution is 2.38. The molecule has 2 aliphatic rings. The second kappa shape index (κ2) is 9.67. The second-order valence-corrected chi connectivity index (χ2v) is 9.28. The summed E-state index contributed by atoms with van der Waals surface area (Å²) in [7, 11) is 0. The molecule has 34 heavy (non-hydrogen) atoms. The van der Waals surface area contributed by atoms with E-state index in [-0.39, 0.29) is 18.6 Å². The van der Waals surface area contributed by atoms with Crippen LogP contribution in [0.5, 0.6) is 5.75 Å². The van der Waals surface area contributed by atoms with E-state index in [9.17, 15) is 4.79 Å². The molecule has 6 heteroatoms. The summed E-state index contributed by atoms with van der Waals surface area (Å²) in [4.78, 5) is 21.7. The molecule has 6 nitrogen and oxygen atoms in total. The number of benzene rings is 2. The number of anilines is 1. The molecule has 5 rings (SSSR count). The van der Waals surface area contributed by atoms with Gasteiger partial charge in [-0.05, 0) is 75.8 Å². The topological polar surface area (TPSA) is 76.1 Å². The maximum absolute atomic E-state index is 12.0. The highest BCUT2D eigenvalue weighted by atomic mass is 16.5. The molecule has 2 aromatic carbocycles. The molecule has 1 amide bonds. The smallest absolute Gasteiger partial charge is 0.258 e. The Hall–Kier alpha value is -3.67. The number of amides is 1. The van der Waals surface area contributed by atoms with E-state index in [1.54, 1.807) is 5.57 Å². The molecule has 1 fully saturated rings. The molecule has 2 N–H and O–H groups in total. The Morgan fingerprint density at radius 2 is 2.03 bits per heavy atom. The van der Waals surface area contributed by atoms with Crippen molar-refractivity contribution in [2.75, 3.05) is 11.9 Å². The Morgan fingerprint density at radius 3 is 2.91 bits per heavy atom. The van der Waals surface area contributed by atoms with Gasteiger partial charge in [0.15, 0.2) is 12.4 Å². The third-order valence-electron chi connectivity index (χ3n) is 6.28. The minimum absolute atomic E-state index is 0.0309. The second-order valence-electron chi connectivity index (χ2n) is 9.28. The summed E-state index contributed by atoms with van der Waals surface area (Å²) in [5, 5.41) is 7.38. The molecule has 2 aliphatic carbocycles. The van der Waals surface area contributed by atoms with E-state index in [0.717, 1.165) is 34.4 Å². The van der Waals surface area contributed by atoms with Gasteiger partial charge in [0, 0.05) is 22.7 Å². The van der Waals surface area contributed by atoms with Gasteiger partial charge >= 0.3 is 0 Å². The van der Waals surface area contributed by atoms with E-state index >= 15 is 0 Å². The average Bonchev–Trinajstić information content (AvgIpc) is 3.30. The SMILES string of the molecule is CC(C)NC(=O)COc1cccc(-c2nc(NC3=CCC4CCCC4=C3)c3ccccc3n2)c1. The van der Waals surface area contributed by atoms with E-state index in [1.807, 2.05) is 62.4 Å². The summed E-state index contributed by atoms with van der Waals surface area (Å²) in [5.74, 6) is 2.58. The minimum Gasteiger partial charge on any atom is -0.484 e. The van der Waals surface area contributed by atoms with E-state index in [4.69, 9.17) is 14.7 Å². The Bertz CT molecular complexity index is 1280. The van der Waals surface area contributed by atoms with E-state index in [0.29, 0.717) is 17.5 Å². The van der Waals surface area contributed by atoms with Crippen molar-refractivity contribution in [1.29, 1.82) is 0 Å². The first kappa shape index (κ1) is 22.1. The summed E-state index contributed by atoms with van der Waals surface area (Å²) in [6, 6.07) is 15.7. The molecular weight excluding hydrogens is 424 g/mol. The molecule has 3 aromatic rings. The predicted molar refractivity (Wildman–Crippen MR) is 135 cm³/mol. The van der Waals surface area contributed by atoms with E-state index < -0.39 is 0 Å². The van der Waals surface area contributed by atoms with Crippen molar-refractivity contribution in [3.05, 3.63) is 72.0 Å². The third-order valence-corrected chi connectivity index (χ3v) is 6.28. The zero-order valence-corrected chi connectivity index (χ0v) is 19.7. The summed E-state index contributed by atoms with van der Waals surface area (Å²) >= 11 is 0. The number of aromatic nitrogens is 2. The first-order valence-corrected chi connectivity index (χ1v) is 12.0. The fourth-order valence-corrected chi connectivity index (χ4v) is 4.69. The molecule has 0 bridgehead atoms. The van der Waals surface area contributed by atoms with Gasteiger partial charge in [0.25, 0.3) is 5.91 Å². The molecule has 1 saturated carbocycles. The van der Waals surface area contributed by atoms with Gasteiger partial charge in [-0.2, -0.15) is 0 Å². The van der Waals surface area contributed by atoms with Gasteiger partial charge in [0.1, 0.15) is 11.6 Å². The number of hydrogen-bond acceptors (Lipinski definition) is 5. The summed E-state index contributed by atoms with van der Waals surface area (Å²) in [5.41, 5.74) is 4.37. The number of fused-ring (bicyclic) bond motifs is 2. The lowest BCUT2D eigenvalue weighted by molar-refractivity contribution is -0.123. The Morgan fingerprint density at radius 1 is 1.15 bits per heavy atom.